The highest BCUT2D eigenvalue weighted by atomic mass is 16.2. The molecule has 0 spiro atoms. The van der Waals surface area contributed by atoms with Gasteiger partial charge in [0.15, 0.2) is 6.20 Å². The number of aryl methyl sites for hydroxylation is 2. The zero-order valence-corrected chi connectivity index (χ0v) is 21.1. The average Bonchev–Trinajstić information content (AvgIpc) is 3.32. The summed E-state index contributed by atoms with van der Waals surface area (Å²) < 4.78 is 3.17. The minimum absolute atomic E-state index is 0.0819. The lowest BCUT2D eigenvalue weighted by Crippen LogP contribution is -2.36. The molecule has 0 saturated heterocycles. The van der Waals surface area contributed by atoms with Gasteiger partial charge in [-0.15, -0.1) is 0 Å². The summed E-state index contributed by atoms with van der Waals surface area (Å²) in [6.45, 7) is 3.53. The molecule has 3 aromatic heterocycles. The van der Waals surface area contributed by atoms with E-state index in [0.717, 1.165) is 5.56 Å². The molecule has 0 saturated carbocycles. The summed E-state index contributed by atoms with van der Waals surface area (Å²) in [5, 5.41) is 7.41. The number of nitrogens with zero attached hydrogens (tertiary/aromatic N) is 5. The highest BCUT2D eigenvalue weighted by Crippen LogP contribution is 2.20. The average molecular weight is 506 g/mol. The van der Waals surface area contributed by atoms with E-state index in [1.54, 1.807) is 55.3 Å². The molecule has 3 heterocycles. The molecule has 38 heavy (non-hydrogen) atoms. The molecule has 188 valence electrons. The molecule has 10 heteroatoms. The van der Waals surface area contributed by atoms with Crippen LogP contribution in [-0.2, 0) is 7.05 Å². The lowest BCUT2D eigenvalue weighted by molar-refractivity contribution is -0.382. The van der Waals surface area contributed by atoms with Gasteiger partial charge in [-0.1, -0.05) is 36.1 Å². The maximum Gasteiger partial charge on any atom is 0.320 e. The van der Waals surface area contributed by atoms with Crippen molar-refractivity contribution in [1.82, 2.24) is 29.6 Å². The number of aromatic amines is 1. The monoisotopic (exact) mass is 505 g/mol. The van der Waals surface area contributed by atoms with Crippen molar-refractivity contribution in [3.05, 3.63) is 106 Å². The molecular weight excluding hydrogens is 480 g/mol. The van der Waals surface area contributed by atoms with Crippen molar-refractivity contribution < 1.29 is 9.78 Å². The highest BCUT2D eigenvalue weighted by Gasteiger charge is 2.25. The number of anilines is 1. The predicted octanol–water partition coefficient (Wildman–Crippen LogP) is 2.11. The molecule has 10 nitrogen and oxygen atoms in total. The van der Waals surface area contributed by atoms with Crippen molar-refractivity contribution in [2.75, 3.05) is 5.73 Å². The summed E-state index contributed by atoms with van der Waals surface area (Å²) in [4.78, 5) is 38.9. The van der Waals surface area contributed by atoms with Gasteiger partial charge in [0, 0.05) is 18.8 Å². The predicted molar refractivity (Wildman–Crippen MR) is 142 cm³/mol. The van der Waals surface area contributed by atoms with E-state index >= 15 is 0 Å². The lowest BCUT2D eigenvalue weighted by Gasteiger charge is -2.19. The maximum absolute atomic E-state index is 14.0. The molecule has 1 unspecified atom stereocenters. The van der Waals surface area contributed by atoms with Crippen molar-refractivity contribution in [3.63, 3.8) is 0 Å². The van der Waals surface area contributed by atoms with Gasteiger partial charge >= 0.3 is 11.6 Å². The van der Waals surface area contributed by atoms with Gasteiger partial charge in [0.1, 0.15) is 11.5 Å². The number of amides is 1. The van der Waals surface area contributed by atoms with Crippen LogP contribution in [0, 0.1) is 18.8 Å². The topological polar surface area (TPSA) is 135 Å². The Morgan fingerprint density at radius 2 is 1.89 bits per heavy atom. The third-order valence-electron chi connectivity index (χ3n) is 5.92. The molecule has 2 aromatic carbocycles. The van der Waals surface area contributed by atoms with E-state index < -0.39 is 11.9 Å². The number of rotatable bonds is 4. The first-order valence-electron chi connectivity index (χ1n) is 11.9. The van der Waals surface area contributed by atoms with Gasteiger partial charge in [-0.3, -0.25) is 18.8 Å². The molecular formula is C28H25N8O2+. The molecule has 0 aliphatic carbocycles. The first kappa shape index (κ1) is 24.4. The molecule has 0 radical (unpaired) electrons. The number of nitrogens with one attached hydrogen (secondary N) is 2. The first-order chi connectivity index (χ1) is 18.3. The summed E-state index contributed by atoms with van der Waals surface area (Å²) in [6, 6.07) is 13.9. The molecule has 1 atom stereocenters. The van der Waals surface area contributed by atoms with Gasteiger partial charge in [-0.2, -0.15) is 5.10 Å². The Morgan fingerprint density at radius 1 is 1.11 bits per heavy atom. The van der Waals surface area contributed by atoms with Crippen LogP contribution in [0.4, 0.5) is 5.82 Å². The first-order valence-corrected chi connectivity index (χ1v) is 11.9. The van der Waals surface area contributed by atoms with Crippen molar-refractivity contribution in [1.29, 1.82) is 0 Å². The zero-order valence-electron chi connectivity index (χ0n) is 21.1. The van der Waals surface area contributed by atoms with Crippen molar-refractivity contribution in [2.24, 2.45) is 7.05 Å². The fraction of sp³-hybridized carbons (Fsp3) is 0.143. The second kappa shape index (κ2) is 9.99. The Kier molecular flexibility index (Phi) is 6.41. The minimum Gasteiger partial charge on any atom is -0.378 e. The van der Waals surface area contributed by atoms with Crippen LogP contribution in [0.25, 0.3) is 16.6 Å². The number of hydrogen-bond acceptors (Lipinski definition) is 6. The minimum atomic E-state index is -0.654. The second-order valence-electron chi connectivity index (χ2n) is 8.80. The smallest absolute Gasteiger partial charge is 0.320 e. The zero-order chi connectivity index (χ0) is 26.8. The third-order valence-corrected chi connectivity index (χ3v) is 5.92. The molecule has 4 N–H and O–H groups in total. The number of fused-ring (bicyclic) bond motifs is 1. The molecule has 0 aliphatic rings. The van der Waals surface area contributed by atoms with Crippen LogP contribution in [0.3, 0.4) is 0 Å². The number of hydrogen-bond donors (Lipinski definition) is 2. The van der Waals surface area contributed by atoms with E-state index in [4.69, 9.17) is 10.7 Å². The highest BCUT2D eigenvalue weighted by molar-refractivity contribution is 5.95. The largest absolute Gasteiger partial charge is 0.378 e. The van der Waals surface area contributed by atoms with E-state index in [2.05, 4.69) is 32.2 Å². The molecule has 0 aliphatic heterocycles. The van der Waals surface area contributed by atoms with Crippen LogP contribution in [0.5, 0.6) is 0 Å². The number of nitrogens with two attached hydrogens (primary N) is 1. The Morgan fingerprint density at radius 3 is 2.61 bits per heavy atom. The number of nitrogen functional groups attached to an aromatic ring is 1. The van der Waals surface area contributed by atoms with Gasteiger partial charge in [-0.25, -0.2) is 15.0 Å². The summed E-state index contributed by atoms with van der Waals surface area (Å²) in [6.07, 6.45) is 5.06. The summed E-state index contributed by atoms with van der Waals surface area (Å²) in [5.41, 5.74) is 8.81. The van der Waals surface area contributed by atoms with Gasteiger partial charge < -0.3 is 11.1 Å². The quantitative estimate of drug-likeness (QED) is 0.359. The number of benzene rings is 2. The fourth-order valence-corrected chi connectivity index (χ4v) is 4.14. The van der Waals surface area contributed by atoms with E-state index in [0.29, 0.717) is 33.7 Å². The molecule has 5 aromatic rings. The van der Waals surface area contributed by atoms with E-state index in [9.17, 15) is 9.59 Å². The van der Waals surface area contributed by atoms with Gasteiger partial charge in [0.05, 0.1) is 34.4 Å². The lowest BCUT2D eigenvalue weighted by atomic mass is 10.1. The maximum atomic E-state index is 14.0. The molecule has 0 bridgehead atoms. The summed E-state index contributed by atoms with van der Waals surface area (Å²) >= 11 is 0. The number of para-hydroxylation sites is 1. The summed E-state index contributed by atoms with van der Waals surface area (Å²) in [7, 11) is 1.81. The van der Waals surface area contributed by atoms with Crippen LogP contribution >= 0.6 is 0 Å². The normalized spacial score (nSPS) is 11.6. The molecule has 0 fully saturated rings. The number of H-pyrrole nitrogens is 1. The fourth-order valence-electron chi connectivity index (χ4n) is 4.14. The van der Waals surface area contributed by atoms with Gasteiger partial charge in [-0.05, 0) is 38.1 Å². The number of carbonyl (C=O) groups excluding carboxylic acids is 1. The van der Waals surface area contributed by atoms with Crippen LogP contribution in [0.15, 0.2) is 71.9 Å². The van der Waals surface area contributed by atoms with Gasteiger partial charge in [0.25, 0.3) is 5.56 Å². The van der Waals surface area contributed by atoms with Crippen molar-refractivity contribution in [3.8, 4) is 17.5 Å². The van der Waals surface area contributed by atoms with Crippen LogP contribution < -0.4 is 21.6 Å². The number of carbonyl (C=O) groups is 1. The SMILES string of the molecule is Cc1c[nH+]c(C(=O)NC(C)c2nc3cccc(C#Cc4cnn(C)c4)c3c(=O)n2-c2ccccc2)c(N)n1. The van der Waals surface area contributed by atoms with E-state index in [1.807, 2.05) is 37.4 Å². The van der Waals surface area contributed by atoms with E-state index in [1.165, 1.54) is 4.57 Å². The summed E-state index contributed by atoms with van der Waals surface area (Å²) in [5.74, 6) is 6.14. The van der Waals surface area contributed by atoms with Gasteiger partial charge in [0.2, 0.25) is 5.82 Å². The Bertz CT molecular complexity index is 1800. The number of aromatic nitrogens is 6. The third kappa shape index (κ3) is 4.73. The Labute approximate surface area is 218 Å². The van der Waals surface area contributed by atoms with Crippen LogP contribution in [-0.4, -0.2) is 30.2 Å². The Hall–Kier alpha value is -5.30. The second-order valence-corrected chi connectivity index (χ2v) is 8.80. The van der Waals surface area contributed by atoms with E-state index in [-0.39, 0.29) is 17.1 Å². The van der Waals surface area contributed by atoms with Crippen LogP contribution in [0.1, 0.15) is 46.1 Å². The molecule has 1 amide bonds. The van der Waals surface area contributed by atoms with Crippen LogP contribution in [0.2, 0.25) is 0 Å². The van der Waals surface area contributed by atoms with Crippen molar-refractivity contribution >= 4 is 22.6 Å². The van der Waals surface area contributed by atoms with Crippen molar-refractivity contribution in [2.45, 2.75) is 19.9 Å². The molecule has 5 rings (SSSR count). The Balaban J connectivity index is 1.64. The standard InChI is InChI=1S/C28H24N8O2/c1-17-14-30-24(25(29)32-17)27(37)33-18(2)26-34-22-11-7-8-20(13-12-19-15-31-35(3)16-19)23(22)28(38)36(26)21-9-5-4-6-10-21/h4-11,14-16,18H,1-3H3,(H2,29,32)(H,33,37)/p+1.